The van der Waals surface area contributed by atoms with Crippen molar-refractivity contribution < 1.29 is 14.3 Å². The van der Waals surface area contributed by atoms with Gasteiger partial charge < -0.3 is 19.7 Å². The van der Waals surface area contributed by atoms with Crippen molar-refractivity contribution in [3.8, 4) is 11.5 Å². The maximum atomic E-state index is 12.8. The number of halogens is 1. The number of ether oxygens (including phenoxy) is 2. The molecule has 6 heteroatoms. The molecule has 27 heavy (non-hydrogen) atoms. The standard InChI is InChI=1S/C21H26N2O3.ClH/c1-3-16-8-10-17(11-9-16)26-15-21(24)23-13-12-22-14-19(23)18-6-4-5-7-20(18)25-2;/h4-11,19,22H,3,12-15H2,1-2H3;1H. The third-order valence-corrected chi connectivity index (χ3v) is 4.76. The fourth-order valence-electron chi connectivity index (χ4n) is 3.27. The van der Waals surface area contributed by atoms with Gasteiger partial charge >= 0.3 is 0 Å². The summed E-state index contributed by atoms with van der Waals surface area (Å²) in [5.41, 5.74) is 2.27. The molecule has 146 valence electrons. The van der Waals surface area contributed by atoms with Gasteiger partial charge in [0.1, 0.15) is 11.5 Å². The van der Waals surface area contributed by atoms with Crippen molar-refractivity contribution >= 4 is 18.3 Å². The highest BCUT2D eigenvalue weighted by Gasteiger charge is 2.29. The molecule has 1 heterocycles. The fourth-order valence-corrected chi connectivity index (χ4v) is 3.27. The van der Waals surface area contributed by atoms with Crippen LogP contribution in [-0.4, -0.2) is 44.2 Å². The van der Waals surface area contributed by atoms with Crippen molar-refractivity contribution in [3.05, 3.63) is 59.7 Å². The van der Waals surface area contributed by atoms with E-state index in [4.69, 9.17) is 9.47 Å². The summed E-state index contributed by atoms with van der Waals surface area (Å²) in [6, 6.07) is 15.7. The Labute approximate surface area is 167 Å². The first-order valence-corrected chi connectivity index (χ1v) is 9.07. The Morgan fingerprint density at radius 1 is 1.19 bits per heavy atom. The fraction of sp³-hybridized carbons (Fsp3) is 0.381. The minimum Gasteiger partial charge on any atom is -0.496 e. The van der Waals surface area contributed by atoms with Crippen LogP contribution in [0.3, 0.4) is 0 Å². The summed E-state index contributed by atoms with van der Waals surface area (Å²) < 4.78 is 11.2. The van der Waals surface area contributed by atoms with E-state index in [1.807, 2.05) is 53.4 Å². The smallest absolute Gasteiger partial charge is 0.261 e. The molecule has 2 aromatic rings. The first-order valence-electron chi connectivity index (χ1n) is 9.07. The van der Waals surface area contributed by atoms with Crippen LogP contribution in [0.15, 0.2) is 48.5 Å². The van der Waals surface area contributed by atoms with Gasteiger partial charge in [-0.2, -0.15) is 0 Å². The van der Waals surface area contributed by atoms with E-state index < -0.39 is 0 Å². The second-order valence-electron chi connectivity index (χ2n) is 6.34. The van der Waals surface area contributed by atoms with E-state index >= 15 is 0 Å². The Hall–Kier alpha value is -2.24. The van der Waals surface area contributed by atoms with Crippen LogP contribution in [0.2, 0.25) is 0 Å². The predicted octanol–water partition coefficient (Wildman–Crippen LogP) is 3.23. The Balaban J connectivity index is 0.00000261. The van der Waals surface area contributed by atoms with Gasteiger partial charge in [0.25, 0.3) is 5.91 Å². The van der Waals surface area contributed by atoms with Crippen molar-refractivity contribution in [2.24, 2.45) is 0 Å². The average Bonchev–Trinajstić information content (AvgIpc) is 2.72. The number of methoxy groups -OCH3 is 1. The lowest BCUT2D eigenvalue weighted by Crippen LogP contribution is -2.50. The third-order valence-electron chi connectivity index (χ3n) is 4.76. The van der Waals surface area contributed by atoms with Crippen LogP contribution in [-0.2, 0) is 11.2 Å². The molecule has 1 aliphatic rings. The summed E-state index contributed by atoms with van der Waals surface area (Å²) in [6.45, 7) is 4.29. The summed E-state index contributed by atoms with van der Waals surface area (Å²) in [5.74, 6) is 1.51. The van der Waals surface area contributed by atoms with Gasteiger partial charge in [-0.05, 0) is 30.2 Å². The van der Waals surface area contributed by atoms with Crippen molar-refractivity contribution in [1.29, 1.82) is 0 Å². The summed E-state index contributed by atoms with van der Waals surface area (Å²) >= 11 is 0. The van der Waals surface area contributed by atoms with Crippen molar-refractivity contribution in [2.75, 3.05) is 33.4 Å². The Kier molecular flexibility index (Phi) is 7.95. The number of rotatable bonds is 6. The maximum Gasteiger partial charge on any atom is 0.261 e. The molecule has 0 aliphatic carbocycles. The van der Waals surface area contributed by atoms with Crippen molar-refractivity contribution in [2.45, 2.75) is 19.4 Å². The van der Waals surface area contributed by atoms with Crippen LogP contribution in [0.25, 0.3) is 0 Å². The summed E-state index contributed by atoms with van der Waals surface area (Å²) in [4.78, 5) is 14.7. The predicted molar refractivity (Wildman–Crippen MR) is 109 cm³/mol. The maximum absolute atomic E-state index is 12.8. The van der Waals surface area contributed by atoms with Crippen molar-refractivity contribution in [3.63, 3.8) is 0 Å². The normalized spacial score (nSPS) is 16.4. The van der Waals surface area contributed by atoms with E-state index in [1.165, 1.54) is 5.56 Å². The van der Waals surface area contributed by atoms with Crippen LogP contribution >= 0.6 is 12.4 Å². The molecule has 1 unspecified atom stereocenters. The molecule has 5 nitrogen and oxygen atoms in total. The summed E-state index contributed by atoms with van der Waals surface area (Å²) in [6.07, 6.45) is 0.987. The molecule has 1 saturated heterocycles. The molecule has 1 atom stereocenters. The number of benzene rings is 2. The molecule has 1 fully saturated rings. The Morgan fingerprint density at radius 2 is 1.93 bits per heavy atom. The van der Waals surface area contributed by atoms with E-state index in [0.29, 0.717) is 13.1 Å². The zero-order valence-electron chi connectivity index (χ0n) is 15.8. The first kappa shape index (κ1) is 21.1. The zero-order valence-corrected chi connectivity index (χ0v) is 16.6. The van der Waals surface area contributed by atoms with Crippen LogP contribution in [0, 0.1) is 0 Å². The highest BCUT2D eigenvalue weighted by Crippen LogP contribution is 2.30. The highest BCUT2D eigenvalue weighted by molar-refractivity contribution is 5.85. The molecule has 3 rings (SSSR count). The molecule has 0 aromatic heterocycles. The number of hydrogen-bond acceptors (Lipinski definition) is 4. The second kappa shape index (κ2) is 10.2. The van der Waals surface area contributed by atoms with Gasteiger partial charge in [-0.15, -0.1) is 12.4 Å². The van der Waals surface area contributed by atoms with Crippen molar-refractivity contribution in [1.82, 2.24) is 10.2 Å². The van der Waals surface area contributed by atoms with E-state index in [1.54, 1.807) is 7.11 Å². The van der Waals surface area contributed by atoms with Crippen LogP contribution < -0.4 is 14.8 Å². The van der Waals surface area contributed by atoms with Crippen LogP contribution in [0.5, 0.6) is 11.5 Å². The largest absolute Gasteiger partial charge is 0.496 e. The highest BCUT2D eigenvalue weighted by atomic mass is 35.5. The molecule has 2 aromatic carbocycles. The number of piperazine rings is 1. The van der Waals surface area contributed by atoms with E-state index in [0.717, 1.165) is 30.0 Å². The summed E-state index contributed by atoms with van der Waals surface area (Å²) in [5, 5.41) is 3.37. The third kappa shape index (κ3) is 5.15. The quantitative estimate of drug-likeness (QED) is 0.822. The molecular weight excluding hydrogens is 364 g/mol. The molecule has 0 spiro atoms. The van der Waals surface area contributed by atoms with Gasteiger partial charge in [-0.25, -0.2) is 0 Å². The number of carbonyl (C=O) groups excluding carboxylic acids is 1. The lowest BCUT2D eigenvalue weighted by atomic mass is 10.0. The monoisotopic (exact) mass is 390 g/mol. The molecule has 0 radical (unpaired) electrons. The lowest BCUT2D eigenvalue weighted by Gasteiger charge is -2.37. The number of nitrogens with zero attached hydrogens (tertiary/aromatic N) is 1. The number of carbonyl (C=O) groups is 1. The number of hydrogen-bond donors (Lipinski definition) is 1. The average molecular weight is 391 g/mol. The zero-order chi connectivity index (χ0) is 18.4. The summed E-state index contributed by atoms with van der Waals surface area (Å²) in [7, 11) is 1.66. The van der Waals surface area contributed by atoms with Gasteiger partial charge in [0, 0.05) is 25.2 Å². The molecule has 0 saturated carbocycles. The second-order valence-corrected chi connectivity index (χ2v) is 6.34. The van der Waals surface area contributed by atoms with Crippen LogP contribution in [0.4, 0.5) is 0 Å². The van der Waals surface area contributed by atoms with Gasteiger partial charge in [0.05, 0.1) is 13.2 Å². The number of aryl methyl sites for hydroxylation is 1. The van der Waals surface area contributed by atoms with Gasteiger partial charge in [0.15, 0.2) is 6.61 Å². The number of amides is 1. The number of para-hydroxylation sites is 1. The minimum absolute atomic E-state index is 0. The molecule has 1 amide bonds. The van der Waals surface area contributed by atoms with Gasteiger partial charge in [-0.3, -0.25) is 4.79 Å². The topological polar surface area (TPSA) is 50.8 Å². The van der Waals surface area contributed by atoms with E-state index in [9.17, 15) is 4.79 Å². The molecule has 1 aliphatic heterocycles. The Bertz CT molecular complexity index is 736. The molecular formula is C21H27ClN2O3. The van der Waals surface area contributed by atoms with Gasteiger partial charge in [-0.1, -0.05) is 37.3 Å². The van der Waals surface area contributed by atoms with Gasteiger partial charge in [0.2, 0.25) is 0 Å². The molecule has 0 bridgehead atoms. The minimum atomic E-state index is -0.0570. The Morgan fingerprint density at radius 3 is 2.63 bits per heavy atom. The van der Waals surface area contributed by atoms with E-state index in [-0.39, 0.29) is 31.0 Å². The lowest BCUT2D eigenvalue weighted by molar-refractivity contribution is -0.136. The SMILES string of the molecule is CCc1ccc(OCC(=O)N2CCNCC2c2ccccc2OC)cc1.Cl. The first-order chi connectivity index (χ1) is 12.7. The van der Waals surface area contributed by atoms with E-state index in [2.05, 4.69) is 12.2 Å². The molecule has 1 N–H and O–H groups in total. The number of nitrogens with one attached hydrogen (secondary N) is 1. The van der Waals surface area contributed by atoms with Crippen LogP contribution in [0.1, 0.15) is 24.1 Å².